The third kappa shape index (κ3) is 2.42. The molecule has 2 aromatic rings. The van der Waals surface area contributed by atoms with Crippen LogP contribution in [0.4, 0.5) is 0 Å². The van der Waals surface area contributed by atoms with Gasteiger partial charge in [-0.15, -0.1) is 10.2 Å². The number of likely N-dealkylation sites (tertiary alicyclic amines) is 1. The Bertz CT molecular complexity index is 529. The molecule has 0 radical (unpaired) electrons. The van der Waals surface area contributed by atoms with Crippen molar-refractivity contribution in [2.24, 2.45) is 0 Å². The van der Waals surface area contributed by atoms with E-state index in [2.05, 4.69) is 35.4 Å². The van der Waals surface area contributed by atoms with Crippen molar-refractivity contribution >= 4 is 21.6 Å². The van der Waals surface area contributed by atoms with E-state index in [1.165, 1.54) is 38.8 Å². The quantitative estimate of drug-likeness (QED) is 0.855. The van der Waals surface area contributed by atoms with E-state index in [1.807, 2.05) is 18.3 Å². The molecule has 0 saturated carbocycles. The second-order valence-corrected chi connectivity index (χ2v) is 5.71. The second-order valence-electron chi connectivity index (χ2n) is 4.86. The van der Waals surface area contributed by atoms with Crippen molar-refractivity contribution in [1.82, 2.24) is 19.5 Å². The molecule has 0 spiro atoms. The molecule has 0 aliphatic carbocycles. The molecule has 3 heterocycles. The highest BCUT2D eigenvalue weighted by molar-refractivity contribution is 9.10. The van der Waals surface area contributed by atoms with Gasteiger partial charge in [0.05, 0.1) is 11.0 Å². The molecule has 96 valence electrons. The first-order valence-corrected chi connectivity index (χ1v) is 7.34. The van der Waals surface area contributed by atoms with E-state index >= 15 is 0 Å². The van der Waals surface area contributed by atoms with Gasteiger partial charge in [-0.1, -0.05) is 12.8 Å². The lowest BCUT2D eigenvalue weighted by molar-refractivity contribution is 0.269. The van der Waals surface area contributed by atoms with Crippen LogP contribution in [-0.4, -0.2) is 32.6 Å². The zero-order valence-corrected chi connectivity index (χ0v) is 11.9. The Labute approximate surface area is 115 Å². The van der Waals surface area contributed by atoms with Crippen molar-refractivity contribution in [3.05, 3.63) is 28.6 Å². The molecule has 1 aliphatic heterocycles. The fourth-order valence-corrected chi connectivity index (χ4v) is 2.96. The Morgan fingerprint density at radius 1 is 1.11 bits per heavy atom. The summed E-state index contributed by atoms with van der Waals surface area (Å²) in [5.74, 6) is 1.04. The highest BCUT2D eigenvalue weighted by Crippen LogP contribution is 2.18. The maximum Gasteiger partial charge on any atom is 0.175 e. The Kier molecular flexibility index (Phi) is 3.61. The lowest BCUT2D eigenvalue weighted by Crippen LogP contribution is -2.25. The molecule has 3 rings (SSSR count). The Hall–Kier alpha value is -0.940. The largest absolute Gasteiger partial charge is 0.296 e. The minimum absolute atomic E-state index is 0.900. The zero-order chi connectivity index (χ0) is 12.4. The molecule has 1 saturated heterocycles. The number of pyridine rings is 1. The summed E-state index contributed by atoms with van der Waals surface area (Å²) in [5.41, 5.74) is 0.905. The van der Waals surface area contributed by atoms with Crippen LogP contribution in [0.5, 0.6) is 0 Å². The molecule has 0 bridgehead atoms. The van der Waals surface area contributed by atoms with Crippen LogP contribution in [0.2, 0.25) is 0 Å². The van der Waals surface area contributed by atoms with Crippen molar-refractivity contribution in [2.45, 2.75) is 32.2 Å². The molecule has 0 aromatic carbocycles. The molecular weight excluding hydrogens is 292 g/mol. The number of aromatic nitrogens is 3. The summed E-state index contributed by atoms with van der Waals surface area (Å²) in [6.45, 7) is 3.27. The highest BCUT2D eigenvalue weighted by Gasteiger charge is 2.14. The topological polar surface area (TPSA) is 33.4 Å². The van der Waals surface area contributed by atoms with Crippen LogP contribution in [-0.2, 0) is 6.54 Å². The van der Waals surface area contributed by atoms with Crippen LogP contribution in [0.1, 0.15) is 31.5 Å². The molecule has 0 atom stereocenters. The number of fused-ring (bicyclic) bond motifs is 1. The van der Waals surface area contributed by atoms with Crippen LogP contribution in [0.15, 0.2) is 22.8 Å². The maximum atomic E-state index is 4.32. The molecule has 0 unspecified atom stereocenters. The van der Waals surface area contributed by atoms with Crippen LogP contribution >= 0.6 is 15.9 Å². The molecule has 4 nitrogen and oxygen atoms in total. The molecule has 18 heavy (non-hydrogen) atoms. The van der Waals surface area contributed by atoms with E-state index < -0.39 is 0 Å². The van der Waals surface area contributed by atoms with Gasteiger partial charge in [0.15, 0.2) is 11.5 Å². The van der Waals surface area contributed by atoms with E-state index in [1.54, 1.807) is 0 Å². The van der Waals surface area contributed by atoms with Crippen LogP contribution < -0.4 is 0 Å². The molecule has 1 fully saturated rings. The van der Waals surface area contributed by atoms with E-state index in [4.69, 9.17) is 0 Å². The highest BCUT2D eigenvalue weighted by atomic mass is 79.9. The fourth-order valence-electron chi connectivity index (χ4n) is 2.53. The smallest absolute Gasteiger partial charge is 0.175 e. The summed E-state index contributed by atoms with van der Waals surface area (Å²) in [6.07, 6.45) is 7.37. The SMILES string of the molecule is Brc1cccn2c(CN3CCCCCC3)nnc12. The minimum atomic E-state index is 0.900. The number of hydrogen-bond acceptors (Lipinski definition) is 3. The van der Waals surface area contributed by atoms with Crippen molar-refractivity contribution in [1.29, 1.82) is 0 Å². The predicted molar refractivity (Wildman–Crippen MR) is 74.4 cm³/mol. The third-order valence-electron chi connectivity index (χ3n) is 3.52. The molecule has 0 N–H and O–H groups in total. The minimum Gasteiger partial charge on any atom is -0.296 e. The second kappa shape index (κ2) is 5.36. The van der Waals surface area contributed by atoms with Crippen molar-refractivity contribution in [2.75, 3.05) is 13.1 Å². The monoisotopic (exact) mass is 308 g/mol. The van der Waals surface area contributed by atoms with Gasteiger partial charge in [-0.25, -0.2) is 0 Å². The van der Waals surface area contributed by atoms with Gasteiger partial charge in [-0.2, -0.15) is 0 Å². The number of halogens is 1. The summed E-state index contributed by atoms with van der Waals surface area (Å²) >= 11 is 3.51. The van der Waals surface area contributed by atoms with Crippen molar-refractivity contribution < 1.29 is 0 Å². The molecule has 0 amide bonds. The van der Waals surface area contributed by atoms with Gasteiger partial charge in [-0.3, -0.25) is 9.30 Å². The van der Waals surface area contributed by atoms with Crippen molar-refractivity contribution in [3.8, 4) is 0 Å². The maximum absolute atomic E-state index is 4.32. The summed E-state index contributed by atoms with van der Waals surface area (Å²) in [4.78, 5) is 2.49. The predicted octanol–water partition coefficient (Wildman–Crippen LogP) is 2.87. The van der Waals surface area contributed by atoms with E-state index in [-0.39, 0.29) is 0 Å². The van der Waals surface area contributed by atoms with E-state index in [0.29, 0.717) is 0 Å². The zero-order valence-electron chi connectivity index (χ0n) is 10.3. The summed E-state index contributed by atoms with van der Waals surface area (Å²) < 4.78 is 3.08. The summed E-state index contributed by atoms with van der Waals surface area (Å²) in [6, 6.07) is 4.02. The van der Waals surface area contributed by atoms with Gasteiger partial charge in [-0.05, 0) is 54.0 Å². The molecular formula is C13H17BrN4. The van der Waals surface area contributed by atoms with Gasteiger partial charge in [0.25, 0.3) is 0 Å². The number of hydrogen-bond donors (Lipinski definition) is 0. The number of rotatable bonds is 2. The Morgan fingerprint density at radius 2 is 1.89 bits per heavy atom. The van der Waals surface area contributed by atoms with Gasteiger partial charge < -0.3 is 0 Å². The van der Waals surface area contributed by atoms with E-state index in [0.717, 1.165) is 22.5 Å². The van der Waals surface area contributed by atoms with Gasteiger partial charge in [0.2, 0.25) is 0 Å². The van der Waals surface area contributed by atoms with E-state index in [9.17, 15) is 0 Å². The van der Waals surface area contributed by atoms with Crippen LogP contribution in [0.25, 0.3) is 5.65 Å². The first-order valence-electron chi connectivity index (χ1n) is 6.55. The average Bonchev–Trinajstić information content (AvgIpc) is 2.61. The normalized spacial score (nSPS) is 18.1. The first kappa shape index (κ1) is 12.1. The average molecular weight is 309 g/mol. The summed E-state index contributed by atoms with van der Waals surface area (Å²) in [5, 5.41) is 8.57. The summed E-state index contributed by atoms with van der Waals surface area (Å²) in [7, 11) is 0. The molecule has 1 aliphatic rings. The van der Waals surface area contributed by atoms with Crippen molar-refractivity contribution in [3.63, 3.8) is 0 Å². The Balaban J connectivity index is 1.83. The van der Waals surface area contributed by atoms with Gasteiger partial charge in [0, 0.05) is 6.20 Å². The number of nitrogens with zero attached hydrogens (tertiary/aromatic N) is 4. The lowest BCUT2D eigenvalue weighted by Gasteiger charge is -2.18. The first-order chi connectivity index (χ1) is 8.84. The van der Waals surface area contributed by atoms with Crippen LogP contribution in [0.3, 0.4) is 0 Å². The van der Waals surface area contributed by atoms with Gasteiger partial charge >= 0.3 is 0 Å². The third-order valence-corrected chi connectivity index (χ3v) is 4.14. The standard InChI is InChI=1S/C13H17BrN4/c14-11-6-5-9-18-12(15-16-13(11)18)10-17-7-3-1-2-4-8-17/h5-6,9H,1-4,7-8,10H2. The van der Waals surface area contributed by atoms with Gasteiger partial charge in [0.1, 0.15) is 0 Å². The fraction of sp³-hybridized carbons (Fsp3) is 0.538. The molecule has 5 heteroatoms. The lowest BCUT2D eigenvalue weighted by atomic mass is 10.2. The molecule has 2 aromatic heterocycles. The Morgan fingerprint density at radius 3 is 2.67 bits per heavy atom. The van der Waals surface area contributed by atoms with Crippen LogP contribution in [0, 0.1) is 0 Å².